The fourth-order valence-corrected chi connectivity index (χ4v) is 2.65. The molecule has 0 saturated carbocycles. The molecule has 148 valence electrons. The van der Waals surface area contributed by atoms with Crippen molar-refractivity contribution < 1.29 is 19.4 Å². The maximum absolute atomic E-state index is 11.1. The van der Waals surface area contributed by atoms with E-state index in [9.17, 15) is 9.90 Å². The summed E-state index contributed by atoms with van der Waals surface area (Å²) >= 11 is 0. The number of ether oxygens (including phenoxy) is 2. The first-order valence-corrected chi connectivity index (χ1v) is 10.3. The van der Waals surface area contributed by atoms with Crippen molar-refractivity contribution in [1.82, 2.24) is 0 Å². The summed E-state index contributed by atoms with van der Waals surface area (Å²) in [6.45, 7) is 5.09. The summed E-state index contributed by atoms with van der Waals surface area (Å²) in [6, 6.07) is 0. The number of hydrogen-bond acceptors (Lipinski definition) is 4. The lowest BCUT2D eigenvalue weighted by Gasteiger charge is -2.04. The van der Waals surface area contributed by atoms with Crippen LogP contribution < -0.4 is 0 Å². The van der Waals surface area contributed by atoms with Gasteiger partial charge in [0, 0.05) is 6.61 Å². The highest BCUT2D eigenvalue weighted by Gasteiger charge is 2.00. The largest absolute Gasteiger partial charge is 0.464 e. The van der Waals surface area contributed by atoms with Gasteiger partial charge in [-0.05, 0) is 32.6 Å². The van der Waals surface area contributed by atoms with Crippen LogP contribution in [0.25, 0.3) is 0 Å². The van der Waals surface area contributed by atoms with E-state index in [1.165, 1.54) is 44.9 Å². The molecule has 0 heterocycles. The van der Waals surface area contributed by atoms with E-state index in [4.69, 9.17) is 9.47 Å². The van der Waals surface area contributed by atoms with Crippen LogP contribution in [0.2, 0.25) is 0 Å². The second kappa shape index (κ2) is 19.5. The Hall–Kier alpha value is -0.870. The minimum Gasteiger partial charge on any atom is -0.464 e. The zero-order valence-electron chi connectivity index (χ0n) is 16.5. The van der Waals surface area contributed by atoms with Gasteiger partial charge in [-0.15, -0.1) is 0 Å². The van der Waals surface area contributed by atoms with Gasteiger partial charge < -0.3 is 14.6 Å². The van der Waals surface area contributed by atoms with Gasteiger partial charge in [-0.25, -0.2) is 4.79 Å². The van der Waals surface area contributed by atoms with Crippen LogP contribution in [0.1, 0.15) is 90.9 Å². The predicted molar refractivity (Wildman–Crippen MR) is 104 cm³/mol. The van der Waals surface area contributed by atoms with Crippen LogP contribution in [0.3, 0.4) is 0 Å². The van der Waals surface area contributed by atoms with Gasteiger partial charge in [0.2, 0.25) is 0 Å². The molecule has 0 fully saturated rings. The second-order valence-corrected chi connectivity index (χ2v) is 6.61. The van der Waals surface area contributed by atoms with Crippen molar-refractivity contribution in [3.05, 3.63) is 12.2 Å². The zero-order chi connectivity index (χ0) is 18.6. The van der Waals surface area contributed by atoms with Crippen molar-refractivity contribution in [1.29, 1.82) is 0 Å². The van der Waals surface area contributed by atoms with Gasteiger partial charge in [0.05, 0.1) is 12.7 Å². The van der Waals surface area contributed by atoms with Crippen LogP contribution in [-0.4, -0.2) is 37.0 Å². The fourth-order valence-electron chi connectivity index (χ4n) is 2.65. The van der Waals surface area contributed by atoms with Crippen LogP contribution >= 0.6 is 0 Å². The summed E-state index contributed by atoms with van der Waals surface area (Å²) in [5.41, 5.74) is 0. The first-order valence-electron chi connectivity index (χ1n) is 10.3. The zero-order valence-corrected chi connectivity index (χ0v) is 16.5. The molecular weight excluding hydrogens is 316 g/mol. The third-order valence-corrected chi connectivity index (χ3v) is 4.15. The van der Waals surface area contributed by atoms with Crippen molar-refractivity contribution in [2.75, 3.05) is 19.8 Å². The monoisotopic (exact) mass is 356 g/mol. The fraction of sp³-hybridized carbons (Fsp3) is 0.857. The SMILES string of the molecule is CCCC[C@@H](O)/C=C\CCCCCCCCCCOCC(=O)OCC. The number of aliphatic hydroxyl groups excluding tert-OH is 1. The molecule has 4 nitrogen and oxygen atoms in total. The Balaban J connectivity index is 3.19. The molecule has 4 heteroatoms. The summed E-state index contributed by atoms with van der Waals surface area (Å²) in [5.74, 6) is -0.271. The Bertz CT molecular complexity index is 315. The van der Waals surface area contributed by atoms with Gasteiger partial charge in [0.15, 0.2) is 0 Å². The number of allylic oxidation sites excluding steroid dienone is 1. The van der Waals surface area contributed by atoms with Crippen LogP contribution in [-0.2, 0) is 14.3 Å². The Labute approximate surface area is 155 Å². The topological polar surface area (TPSA) is 55.8 Å². The van der Waals surface area contributed by atoms with Gasteiger partial charge in [-0.1, -0.05) is 70.4 Å². The highest BCUT2D eigenvalue weighted by atomic mass is 16.6. The van der Waals surface area contributed by atoms with Crippen molar-refractivity contribution in [2.45, 2.75) is 97.0 Å². The lowest BCUT2D eigenvalue weighted by atomic mass is 10.1. The Morgan fingerprint density at radius 2 is 1.60 bits per heavy atom. The number of rotatable bonds is 18. The molecule has 0 aromatic rings. The van der Waals surface area contributed by atoms with E-state index in [0.717, 1.165) is 32.1 Å². The second-order valence-electron chi connectivity index (χ2n) is 6.61. The van der Waals surface area contributed by atoms with Crippen molar-refractivity contribution >= 4 is 5.97 Å². The Kier molecular flexibility index (Phi) is 18.8. The van der Waals surface area contributed by atoms with Crippen LogP contribution in [0.4, 0.5) is 0 Å². The third kappa shape index (κ3) is 19.3. The molecule has 0 aromatic heterocycles. The van der Waals surface area contributed by atoms with Gasteiger partial charge in [-0.3, -0.25) is 0 Å². The van der Waals surface area contributed by atoms with Gasteiger partial charge in [0.25, 0.3) is 0 Å². The molecule has 0 aliphatic heterocycles. The molecule has 0 bridgehead atoms. The van der Waals surface area contributed by atoms with Gasteiger partial charge in [-0.2, -0.15) is 0 Å². The van der Waals surface area contributed by atoms with E-state index in [0.29, 0.717) is 13.2 Å². The van der Waals surface area contributed by atoms with Crippen molar-refractivity contribution in [2.24, 2.45) is 0 Å². The molecule has 0 aromatic carbocycles. The Morgan fingerprint density at radius 3 is 2.24 bits per heavy atom. The van der Waals surface area contributed by atoms with Crippen molar-refractivity contribution in [3.8, 4) is 0 Å². The standard InChI is InChI=1S/C21H40O4/c1-3-5-16-20(22)17-14-12-10-8-6-7-9-11-13-15-18-24-19-21(23)25-4-2/h14,17,20,22H,3-13,15-16,18-19H2,1-2H3/b17-14-/t20-/m1/s1. The summed E-state index contributed by atoms with van der Waals surface area (Å²) in [6.07, 6.45) is 17.9. The molecule has 0 spiro atoms. The molecule has 1 N–H and O–H groups in total. The smallest absolute Gasteiger partial charge is 0.332 e. The van der Waals surface area contributed by atoms with Crippen LogP contribution in [0, 0.1) is 0 Å². The predicted octanol–water partition coefficient (Wildman–Crippen LogP) is 5.18. The van der Waals surface area contributed by atoms with Crippen molar-refractivity contribution in [3.63, 3.8) is 0 Å². The summed E-state index contributed by atoms with van der Waals surface area (Å²) in [5, 5.41) is 9.69. The first-order chi connectivity index (χ1) is 12.2. The molecule has 0 unspecified atom stereocenters. The highest BCUT2D eigenvalue weighted by Crippen LogP contribution is 2.10. The average Bonchev–Trinajstić information content (AvgIpc) is 2.60. The molecule has 0 aliphatic rings. The normalized spacial score (nSPS) is 12.6. The van der Waals surface area contributed by atoms with E-state index in [2.05, 4.69) is 13.0 Å². The van der Waals surface area contributed by atoms with E-state index in [-0.39, 0.29) is 18.7 Å². The average molecular weight is 357 g/mol. The van der Waals surface area contributed by atoms with Crippen LogP contribution in [0.15, 0.2) is 12.2 Å². The van der Waals surface area contributed by atoms with Gasteiger partial charge >= 0.3 is 5.97 Å². The number of esters is 1. The minimum absolute atomic E-state index is 0.0813. The summed E-state index contributed by atoms with van der Waals surface area (Å²) in [4.78, 5) is 11.1. The maximum atomic E-state index is 11.1. The molecule has 0 aliphatic carbocycles. The number of hydrogen-bond donors (Lipinski definition) is 1. The quantitative estimate of drug-likeness (QED) is 0.209. The van der Waals surface area contributed by atoms with Crippen LogP contribution in [0.5, 0.6) is 0 Å². The number of aliphatic hydroxyl groups is 1. The summed E-state index contributed by atoms with van der Waals surface area (Å²) in [7, 11) is 0. The number of unbranched alkanes of at least 4 members (excludes halogenated alkanes) is 9. The first kappa shape index (κ1) is 24.1. The molecule has 0 radical (unpaired) electrons. The molecule has 0 saturated heterocycles. The lowest BCUT2D eigenvalue weighted by molar-refractivity contribution is -0.148. The number of carbonyl (C=O) groups is 1. The molecule has 0 amide bonds. The molecule has 1 atom stereocenters. The molecule has 0 rings (SSSR count). The van der Waals surface area contributed by atoms with E-state index < -0.39 is 0 Å². The lowest BCUT2D eigenvalue weighted by Crippen LogP contribution is -2.12. The van der Waals surface area contributed by atoms with Gasteiger partial charge in [0.1, 0.15) is 6.61 Å². The maximum Gasteiger partial charge on any atom is 0.332 e. The molecule has 25 heavy (non-hydrogen) atoms. The Morgan fingerprint density at radius 1 is 0.960 bits per heavy atom. The minimum atomic E-state index is -0.271. The third-order valence-electron chi connectivity index (χ3n) is 4.15. The number of carbonyl (C=O) groups excluding carboxylic acids is 1. The van der Waals surface area contributed by atoms with E-state index >= 15 is 0 Å². The van der Waals surface area contributed by atoms with E-state index in [1.807, 2.05) is 6.08 Å². The highest BCUT2D eigenvalue weighted by molar-refractivity contribution is 5.70. The van der Waals surface area contributed by atoms with E-state index in [1.54, 1.807) is 6.92 Å². The molecular formula is C21H40O4. The summed E-state index contributed by atoms with van der Waals surface area (Å²) < 4.78 is 10.1.